The van der Waals surface area contributed by atoms with E-state index in [9.17, 15) is 0 Å². The molecule has 0 aliphatic heterocycles. The molecule has 2 rings (SSSR count). The Hall–Kier alpha value is -1.02. The molecule has 82 valence electrons. The molecule has 0 spiro atoms. The largest absolute Gasteiger partial charge is 0.494 e. The zero-order chi connectivity index (χ0) is 10.8. The predicted octanol–water partition coefficient (Wildman–Crippen LogP) is 2.54. The first-order chi connectivity index (χ1) is 7.24. The van der Waals surface area contributed by atoms with Crippen molar-refractivity contribution in [1.82, 2.24) is 0 Å². The SMILES string of the molecule is CCOc1ccccc1[C@@H]1C[C@@H]1[C@H](C)N. The molecule has 1 aliphatic carbocycles. The third-order valence-electron chi connectivity index (χ3n) is 3.13. The van der Waals surface area contributed by atoms with Crippen LogP contribution < -0.4 is 10.5 Å². The smallest absolute Gasteiger partial charge is 0.122 e. The topological polar surface area (TPSA) is 35.2 Å². The first kappa shape index (κ1) is 10.5. The summed E-state index contributed by atoms with van der Waals surface area (Å²) in [6.45, 7) is 4.84. The van der Waals surface area contributed by atoms with Gasteiger partial charge in [0.1, 0.15) is 5.75 Å². The number of rotatable bonds is 4. The third-order valence-corrected chi connectivity index (χ3v) is 3.13. The van der Waals surface area contributed by atoms with E-state index in [0.717, 1.165) is 12.4 Å². The van der Waals surface area contributed by atoms with Crippen LogP contribution in [0.3, 0.4) is 0 Å². The van der Waals surface area contributed by atoms with Crippen molar-refractivity contribution in [2.45, 2.75) is 32.2 Å². The lowest BCUT2D eigenvalue weighted by molar-refractivity contribution is 0.336. The minimum atomic E-state index is 0.296. The lowest BCUT2D eigenvalue weighted by Crippen LogP contribution is -2.18. The summed E-state index contributed by atoms with van der Waals surface area (Å²) in [6.07, 6.45) is 1.21. The van der Waals surface area contributed by atoms with Crippen LogP contribution in [0.2, 0.25) is 0 Å². The molecule has 0 amide bonds. The molecule has 1 saturated carbocycles. The Bertz CT molecular complexity index is 335. The predicted molar refractivity (Wildman–Crippen MR) is 62.1 cm³/mol. The molecule has 1 aromatic carbocycles. The van der Waals surface area contributed by atoms with Gasteiger partial charge in [0.05, 0.1) is 6.61 Å². The molecular weight excluding hydrogens is 186 g/mol. The van der Waals surface area contributed by atoms with Crippen molar-refractivity contribution in [3.05, 3.63) is 29.8 Å². The Morgan fingerprint density at radius 1 is 1.47 bits per heavy atom. The van der Waals surface area contributed by atoms with Gasteiger partial charge in [-0.3, -0.25) is 0 Å². The second kappa shape index (κ2) is 4.23. The standard InChI is InChI=1S/C13H19NO/c1-3-15-13-7-5-4-6-10(13)12-8-11(12)9(2)14/h4-7,9,11-12H,3,8,14H2,1-2H3/t9-,11+,12-/m0/s1. The maximum absolute atomic E-state index is 5.91. The van der Waals surface area contributed by atoms with E-state index in [1.165, 1.54) is 12.0 Å². The summed E-state index contributed by atoms with van der Waals surface area (Å²) < 4.78 is 5.63. The summed E-state index contributed by atoms with van der Waals surface area (Å²) >= 11 is 0. The monoisotopic (exact) mass is 205 g/mol. The second-order valence-electron chi connectivity index (χ2n) is 4.34. The summed E-state index contributed by atoms with van der Waals surface area (Å²) in [5.41, 5.74) is 7.24. The fourth-order valence-electron chi connectivity index (χ4n) is 2.23. The molecule has 0 saturated heterocycles. The molecular formula is C13H19NO. The minimum Gasteiger partial charge on any atom is -0.494 e. The quantitative estimate of drug-likeness (QED) is 0.819. The first-order valence-corrected chi connectivity index (χ1v) is 5.71. The summed E-state index contributed by atoms with van der Waals surface area (Å²) in [5.74, 6) is 2.30. The molecule has 3 atom stereocenters. The van der Waals surface area contributed by atoms with Gasteiger partial charge in [0.2, 0.25) is 0 Å². The van der Waals surface area contributed by atoms with Crippen LogP contribution in [0.1, 0.15) is 31.7 Å². The van der Waals surface area contributed by atoms with Crippen LogP contribution in [0.5, 0.6) is 5.75 Å². The molecule has 1 fully saturated rings. The van der Waals surface area contributed by atoms with Crippen LogP contribution in [-0.4, -0.2) is 12.6 Å². The number of hydrogen-bond acceptors (Lipinski definition) is 2. The molecule has 2 heteroatoms. The highest BCUT2D eigenvalue weighted by molar-refractivity contribution is 5.40. The Morgan fingerprint density at radius 3 is 2.80 bits per heavy atom. The van der Waals surface area contributed by atoms with Gasteiger partial charge in [-0.2, -0.15) is 0 Å². The summed E-state index contributed by atoms with van der Waals surface area (Å²) in [6, 6.07) is 8.62. The van der Waals surface area contributed by atoms with E-state index < -0.39 is 0 Å². The number of ether oxygens (including phenoxy) is 1. The maximum atomic E-state index is 5.91. The average Bonchev–Trinajstić information content (AvgIpc) is 2.99. The van der Waals surface area contributed by atoms with Crippen molar-refractivity contribution in [3.63, 3.8) is 0 Å². The van der Waals surface area contributed by atoms with Gasteiger partial charge in [0.15, 0.2) is 0 Å². The summed E-state index contributed by atoms with van der Waals surface area (Å²) in [5, 5.41) is 0. The third kappa shape index (κ3) is 2.15. The molecule has 1 aromatic rings. The van der Waals surface area contributed by atoms with Gasteiger partial charge in [-0.15, -0.1) is 0 Å². The van der Waals surface area contributed by atoms with E-state index >= 15 is 0 Å². The van der Waals surface area contributed by atoms with Crippen LogP contribution in [0.4, 0.5) is 0 Å². The Balaban J connectivity index is 2.15. The van der Waals surface area contributed by atoms with Crippen molar-refractivity contribution in [2.24, 2.45) is 11.7 Å². The van der Waals surface area contributed by atoms with Crippen LogP contribution >= 0.6 is 0 Å². The van der Waals surface area contributed by atoms with Crippen LogP contribution in [0.15, 0.2) is 24.3 Å². The van der Waals surface area contributed by atoms with E-state index in [1.54, 1.807) is 0 Å². The van der Waals surface area contributed by atoms with Crippen LogP contribution in [0.25, 0.3) is 0 Å². The van der Waals surface area contributed by atoms with Crippen LogP contribution in [0, 0.1) is 5.92 Å². The first-order valence-electron chi connectivity index (χ1n) is 5.71. The number of hydrogen-bond donors (Lipinski definition) is 1. The van der Waals surface area contributed by atoms with Crippen molar-refractivity contribution < 1.29 is 4.74 Å². The lowest BCUT2D eigenvalue weighted by atomic mass is 10.1. The lowest BCUT2D eigenvalue weighted by Gasteiger charge is -2.10. The van der Waals surface area contributed by atoms with Gasteiger partial charge in [0.25, 0.3) is 0 Å². The maximum Gasteiger partial charge on any atom is 0.122 e. The summed E-state index contributed by atoms with van der Waals surface area (Å²) in [7, 11) is 0. The molecule has 0 unspecified atom stereocenters. The van der Waals surface area contributed by atoms with E-state index in [2.05, 4.69) is 25.1 Å². The van der Waals surface area contributed by atoms with Crippen molar-refractivity contribution >= 4 is 0 Å². The Kier molecular flexibility index (Phi) is 2.96. The van der Waals surface area contributed by atoms with Gasteiger partial charge < -0.3 is 10.5 Å². The van der Waals surface area contributed by atoms with E-state index in [1.807, 2.05) is 13.0 Å². The van der Waals surface area contributed by atoms with E-state index in [-0.39, 0.29) is 0 Å². The highest BCUT2D eigenvalue weighted by Crippen LogP contribution is 2.51. The molecule has 0 heterocycles. The number of para-hydroxylation sites is 1. The fraction of sp³-hybridized carbons (Fsp3) is 0.538. The van der Waals surface area contributed by atoms with Gasteiger partial charge in [-0.1, -0.05) is 18.2 Å². The van der Waals surface area contributed by atoms with E-state index in [4.69, 9.17) is 10.5 Å². The van der Waals surface area contributed by atoms with Gasteiger partial charge >= 0.3 is 0 Å². The van der Waals surface area contributed by atoms with Gasteiger partial charge in [0, 0.05) is 6.04 Å². The van der Waals surface area contributed by atoms with E-state index in [0.29, 0.717) is 17.9 Å². The normalized spacial score (nSPS) is 26.1. The van der Waals surface area contributed by atoms with Crippen LogP contribution in [-0.2, 0) is 0 Å². The number of benzene rings is 1. The average molecular weight is 205 g/mol. The highest BCUT2D eigenvalue weighted by atomic mass is 16.5. The van der Waals surface area contributed by atoms with Gasteiger partial charge in [-0.05, 0) is 43.7 Å². The van der Waals surface area contributed by atoms with Crippen molar-refractivity contribution in [3.8, 4) is 5.75 Å². The molecule has 2 nitrogen and oxygen atoms in total. The molecule has 0 bridgehead atoms. The number of nitrogens with two attached hydrogens (primary N) is 1. The minimum absolute atomic E-state index is 0.296. The highest BCUT2D eigenvalue weighted by Gasteiger charge is 2.42. The molecule has 15 heavy (non-hydrogen) atoms. The van der Waals surface area contributed by atoms with Crippen molar-refractivity contribution in [1.29, 1.82) is 0 Å². The Labute approximate surface area is 91.4 Å². The molecule has 2 N–H and O–H groups in total. The summed E-state index contributed by atoms with van der Waals surface area (Å²) in [4.78, 5) is 0. The molecule has 0 aromatic heterocycles. The molecule has 1 aliphatic rings. The second-order valence-corrected chi connectivity index (χ2v) is 4.34. The van der Waals surface area contributed by atoms with Crippen molar-refractivity contribution in [2.75, 3.05) is 6.61 Å². The zero-order valence-corrected chi connectivity index (χ0v) is 9.44. The zero-order valence-electron chi connectivity index (χ0n) is 9.44. The molecule has 0 radical (unpaired) electrons. The van der Waals surface area contributed by atoms with Gasteiger partial charge in [-0.25, -0.2) is 0 Å². The Morgan fingerprint density at radius 2 is 2.20 bits per heavy atom. The fourth-order valence-corrected chi connectivity index (χ4v) is 2.23.